The summed E-state index contributed by atoms with van der Waals surface area (Å²) >= 11 is 5.88. The average Bonchev–Trinajstić information content (AvgIpc) is 2.42. The van der Waals surface area contributed by atoms with Crippen LogP contribution in [-0.4, -0.2) is 13.0 Å². The van der Waals surface area contributed by atoms with E-state index in [9.17, 15) is 9.18 Å². The van der Waals surface area contributed by atoms with Crippen LogP contribution in [0.5, 0.6) is 0 Å². The molecule has 0 fully saturated rings. The monoisotopic (exact) mass is 292 g/mol. The zero-order valence-electron chi connectivity index (χ0n) is 11.1. The van der Waals surface area contributed by atoms with Crippen LogP contribution in [-0.2, 0) is 0 Å². The second-order valence-electron chi connectivity index (χ2n) is 4.33. The standard InChI is InChI=1S/C15H14ClFN2O/c1-9-8-10(18-2)6-7-11(9)15(20)19-14-12(16)4-3-5-13(14)17/h3-8,18H,1-2H3,(H,19,20). The van der Waals surface area contributed by atoms with Crippen LogP contribution in [0.4, 0.5) is 15.8 Å². The highest BCUT2D eigenvalue weighted by atomic mass is 35.5. The lowest BCUT2D eigenvalue weighted by Crippen LogP contribution is -2.14. The van der Waals surface area contributed by atoms with Gasteiger partial charge in [-0.25, -0.2) is 4.39 Å². The van der Waals surface area contributed by atoms with Crippen molar-refractivity contribution >= 4 is 28.9 Å². The van der Waals surface area contributed by atoms with E-state index in [1.165, 1.54) is 18.2 Å². The highest BCUT2D eigenvalue weighted by Crippen LogP contribution is 2.25. The van der Waals surface area contributed by atoms with E-state index in [4.69, 9.17) is 11.6 Å². The summed E-state index contributed by atoms with van der Waals surface area (Å²) in [6, 6.07) is 9.57. The van der Waals surface area contributed by atoms with Gasteiger partial charge in [0.25, 0.3) is 5.91 Å². The largest absolute Gasteiger partial charge is 0.388 e. The summed E-state index contributed by atoms with van der Waals surface area (Å²) < 4.78 is 13.6. The molecule has 2 rings (SSSR count). The average molecular weight is 293 g/mol. The van der Waals surface area contributed by atoms with Crippen LogP contribution >= 0.6 is 11.6 Å². The number of hydrogen-bond donors (Lipinski definition) is 2. The van der Waals surface area contributed by atoms with E-state index in [1.54, 1.807) is 19.2 Å². The summed E-state index contributed by atoms with van der Waals surface area (Å²) in [6.07, 6.45) is 0. The van der Waals surface area contributed by atoms with Gasteiger partial charge in [-0.1, -0.05) is 17.7 Å². The molecule has 0 saturated heterocycles. The van der Waals surface area contributed by atoms with Crippen molar-refractivity contribution in [3.63, 3.8) is 0 Å². The fraction of sp³-hybridized carbons (Fsp3) is 0.133. The molecule has 0 heterocycles. The second-order valence-corrected chi connectivity index (χ2v) is 4.74. The summed E-state index contributed by atoms with van der Waals surface area (Å²) in [6.45, 7) is 1.82. The van der Waals surface area contributed by atoms with E-state index >= 15 is 0 Å². The number of halogens is 2. The van der Waals surface area contributed by atoms with Crippen molar-refractivity contribution in [2.24, 2.45) is 0 Å². The van der Waals surface area contributed by atoms with Gasteiger partial charge in [0.2, 0.25) is 0 Å². The van der Waals surface area contributed by atoms with Crippen LogP contribution < -0.4 is 10.6 Å². The molecule has 0 radical (unpaired) electrons. The molecule has 104 valence electrons. The molecule has 0 aliphatic heterocycles. The lowest BCUT2D eigenvalue weighted by atomic mass is 10.1. The van der Waals surface area contributed by atoms with E-state index in [1.807, 2.05) is 13.0 Å². The van der Waals surface area contributed by atoms with E-state index in [0.29, 0.717) is 5.56 Å². The predicted octanol–water partition coefficient (Wildman–Crippen LogP) is 4.08. The molecule has 0 saturated carbocycles. The molecule has 2 aromatic rings. The van der Waals surface area contributed by atoms with Crippen molar-refractivity contribution in [2.75, 3.05) is 17.7 Å². The number of benzene rings is 2. The molecule has 0 spiro atoms. The molecule has 0 atom stereocenters. The second kappa shape index (κ2) is 5.92. The van der Waals surface area contributed by atoms with Gasteiger partial charge in [0.1, 0.15) is 5.82 Å². The first-order valence-electron chi connectivity index (χ1n) is 6.06. The molecule has 3 nitrogen and oxygen atoms in total. The Labute approximate surface area is 121 Å². The molecule has 0 aromatic heterocycles. The Bertz CT molecular complexity index is 638. The number of carbonyl (C=O) groups excluding carboxylic acids is 1. The maximum Gasteiger partial charge on any atom is 0.256 e. The fourth-order valence-corrected chi connectivity index (χ4v) is 2.08. The van der Waals surface area contributed by atoms with Crippen LogP contribution in [0.25, 0.3) is 0 Å². The molecule has 0 aliphatic rings. The van der Waals surface area contributed by atoms with Gasteiger partial charge in [-0.15, -0.1) is 0 Å². The van der Waals surface area contributed by atoms with Gasteiger partial charge in [-0.2, -0.15) is 0 Å². The number of anilines is 2. The number of rotatable bonds is 3. The van der Waals surface area contributed by atoms with Gasteiger partial charge in [0.15, 0.2) is 0 Å². The Morgan fingerprint density at radius 2 is 2.00 bits per heavy atom. The number of aryl methyl sites for hydroxylation is 1. The van der Waals surface area contributed by atoms with E-state index in [0.717, 1.165) is 11.3 Å². The van der Waals surface area contributed by atoms with Gasteiger partial charge in [-0.3, -0.25) is 4.79 Å². The van der Waals surface area contributed by atoms with Gasteiger partial charge in [0, 0.05) is 18.3 Å². The van der Waals surface area contributed by atoms with Gasteiger partial charge < -0.3 is 10.6 Å². The lowest BCUT2D eigenvalue weighted by molar-refractivity contribution is 0.102. The predicted molar refractivity (Wildman–Crippen MR) is 80.1 cm³/mol. The Kier molecular flexibility index (Phi) is 4.25. The van der Waals surface area contributed by atoms with E-state index < -0.39 is 11.7 Å². The van der Waals surface area contributed by atoms with E-state index in [2.05, 4.69) is 10.6 Å². The zero-order valence-corrected chi connectivity index (χ0v) is 11.9. The Morgan fingerprint density at radius 3 is 2.60 bits per heavy atom. The highest BCUT2D eigenvalue weighted by Gasteiger charge is 2.14. The third-order valence-electron chi connectivity index (χ3n) is 2.96. The Morgan fingerprint density at radius 1 is 1.25 bits per heavy atom. The third-order valence-corrected chi connectivity index (χ3v) is 3.28. The van der Waals surface area contributed by atoms with Crippen LogP contribution in [0.3, 0.4) is 0 Å². The van der Waals surface area contributed by atoms with Gasteiger partial charge in [0.05, 0.1) is 10.7 Å². The topological polar surface area (TPSA) is 41.1 Å². The smallest absolute Gasteiger partial charge is 0.256 e. The molecule has 5 heteroatoms. The van der Waals surface area contributed by atoms with Crippen LogP contribution in [0.2, 0.25) is 5.02 Å². The Hall–Kier alpha value is -2.07. The summed E-state index contributed by atoms with van der Waals surface area (Å²) in [5.74, 6) is -0.951. The van der Waals surface area contributed by atoms with Crippen LogP contribution in [0, 0.1) is 12.7 Å². The van der Waals surface area contributed by atoms with Crippen LogP contribution in [0.1, 0.15) is 15.9 Å². The normalized spacial score (nSPS) is 10.2. The molecular weight excluding hydrogens is 279 g/mol. The lowest BCUT2D eigenvalue weighted by Gasteiger charge is -2.11. The molecule has 2 aromatic carbocycles. The quantitative estimate of drug-likeness (QED) is 0.895. The van der Waals surface area contributed by atoms with Crippen molar-refractivity contribution in [1.29, 1.82) is 0 Å². The first-order chi connectivity index (χ1) is 9.52. The summed E-state index contributed by atoms with van der Waals surface area (Å²) in [7, 11) is 1.80. The van der Waals surface area contributed by atoms with Gasteiger partial charge >= 0.3 is 0 Å². The molecule has 0 bridgehead atoms. The highest BCUT2D eigenvalue weighted by molar-refractivity contribution is 6.34. The third kappa shape index (κ3) is 2.91. The minimum atomic E-state index is -0.560. The summed E-state index contributed by atoms with van der Waals surface area (Å²) in [4.78, 5) is 12.2. The van der Waals surface area contributed by atoms with Crippen molar-refractivity contribution in [1.82, 2.24) is 0 Å². The number of carbonyl (C=O) groups is 1. The van der Waals surface area contributed by atoms with Gasteiger partial charge in [-0.05, 0) is 42.8 Å². The molecular formula is C15H14ClFN2O. The first-order valence-corrected chi connectivity index (χ1v) is 6.44. The van der Waals surface area contributed by atoms with Crippen molar-refractivity contribution in [3.8, 4) is 0 Å². The molecule has 2 N–H and O–H groups in total. The van der Waals surface area contributed by atoms with E-state index in [-0.39, 0.29) is 10.7 Å². The maximum absolute atomic E-state index is 13.6. The van der Waals surface area contributed by atoms with Crippen LogP contribution in [0.15, 0.2) is 36.4 Å². The number of amides is 1. The molecule has 0 aliphatic carbocycles. The molecule has 0 unspecified atom stereocenters. The SMILES string of the molecule is CNc1ccc(C(=O)Nc2c(F)cccc2Cl)c(C)c1. The minimum absolute atomic E-state index is 0.00346. The zero-order chi connectivity index (χ0) is 14.7. The summed E-state index contributed by atoms with van der Waals surface area (Å²) in [5.41, 5.74) is 2.17. The number of para-hydroxylation sites is 1. The van der Waals surface area contributed by atoms with Crippen molar-refractivity contribution in [3.05, 3.63) is 58.4 Å². The van der Waals surface area contributed by atoms with Crippen molar-refractivity contribution in [2.45, 2.75) is 6.92 Å². The molecule has 20 heavy (non-hydrogen) atoms. The number of nitrogens with one attached hydrogen (secondary N) is 2. The summed E-state index contributed by atoms with van der Waals surface area (Å²) in [5, 5.41) is 5.67. The first kappa shape index (κ1) is 14.3. The fourth-order valence-electron chi connectivity index (χ4n) is 1.87. The molecule has 1 amide bonds. The minimum Gasteiger partial charge on any atom is -0.388 e. The number of hydrogen-bond acceptors (Lipinski definition) is 2. The van der Waals surface area contributed by atoms with Crippen molar-refractivity contribution < 1.29 is 9.18 Å². The Balaban J connectivity index is 2.29. The maximum atomic E-state index is 13.6.